The molecule has 0 saturated carbocycles. The summed E-state index contributed by atoms with van der Waals surface area (Å²) in [5.41, 5.74) is 6.63. The molecule has 1 aromatic heterocycles. The lowest BCUT2D eigenvalue weighted by atomic mass is 10.2. The lowest BCUT2D eigenvalue weighted by Gasteiger charge is -2.07. The first-order valence-electron chi connectivity index (χ1n) is 5.37. The Kier molecular flexibility index (Phi) is 3.99. The summed E-state index contributed by atoms with van der Waals surface area (Å²) < 4.78 is 7.41. The molecule has 0 amide bonds. The number of nitrogens with zero attached hydrogens (tertiary/aromatic N) is 2. The fourth-order valence-corrected chi connectivity index (χ4v) is 1.88. The Morgan fingerprint density at radius 1 is 1.44 bits per heavy atom. The molecule has 1 heterocycles. The lowest BCUT2D eigenvalue weighted by Crippen LogP contribution is -2.12. The molecule has 0 fully saturated rings. The second-order valence-corrected chi connectivity index (χ2v) is 4.41. The monoisotopic (exact) mass is 309 g/mol. The maximum absolute atomic E-state index is 11.8. The summed E-state index contributed by atoms with van der Waals surface area (Å²) in [6, 6.07) is 6.90. The van der Waals surface area contributed by atoms with Gasteiger partial charge in [-0.3, -0.25) is 4.68 Å². The molecule has 0 atom stereocenters. The topological polar surface area (TPSA) is 70.1 Å². The number of aromatic nitrogens is 2. The highest BCUT2D eigenvalue weighted by Crippen LogP contribution is 2.24. The number of nitrogen functional groups attached to an aromatic ring is 1. The van der Waals surface area contributed by atoms with Gasteiger partial charge in [-0.25, -0.2) is 4.79 Å². The van der Waals surface area contributed by atoms with Crippen molar-refractivity contribution in [3.8, 4) is 0 Å². The van der Waals surface area contributed by atoms with Crippen LogP contribution in [0.3, 0.4) is 0 Å². The number of anilines is 1. The van der Waals surface area contributed by atoms with Crippen molar-refractivity contribution in [1.29, 1.82) is 0 Å². The molecule has 6 heteroatoms. The van der Waals surface area contributed by atoms with Gasteiger partial charge in [-0.05, 0) is 34.1 Å². The average molecular weight is 310 g/mol. The van der Waals surface area contributed by atoms with E-state index in [1.54, 1.807) is 29.1 Å². The van der Waals surface area contributed by atoms with E-state index in [1.165, 1.54) is 0 Å². The zero-order valence-electron chi connectivity index (χ0n) is 9.54. The van der Waals surface area contributed by atoms with E-state index < -0.39 is 5.97 Å². The number of benzene rings is 1. The zero-order chi connectivity index (χ0) is 13.0. The number of carbonyl (C=O) groups is 1. The van der Waals surface area contributed by atoms with Crippen LogP contribution in [0.5, 0.6) is 0 Å². The maximum Gasteiger partial charge on any atom is 0.339 e. The van der Waals surface area contributed by atoms with Crippen LogP contribution in [-0.4, -0.2) is 22.4 Å². The number of esters is 1. The predicted molar refractivity (Wildman–Crippen MR) is 71.1 cm³/mol. The first-order valence-corrected chi connectivity index (χ1v) is 6.16. The smallest absolute Gasteiger partial charge is 0.339 e. The Hall–Kier alpha value is -1.82. The van der Waals surface area contributed by atoms with Gasteiger partial charge in [0.1, 0.15) is 6.61 Å². The van der Waals surface area contributed by atoms with Gasteiger partial charge in [0.25, 0.3) is 0 Å². The maximum atomic E-state index is 11.8. The fourth-order valence-electron chi connectivity index (χ4n) is 1.45. The molecule has 0 bridgehead atoms. The van der Waals surface area contributed by atoms with Crippen LogP contribution < -0.4 is 5.73 Å². The molecule has 1 aromatic carbocycles. The number of rotatable bonds is 4. The van der Waals surface area contributed by atoms with Crippen molar-refractivity contribution in [3.63, 3.8) is 0 Å². The van der Waals surface area contributed by atoms with Crippen molar-refractivity contribution in [3.05, 3.63) is 46.7 Å². The highest BCUT2D eigenvalue weighted by atomic mass is 79.9. The van der Waals surface area contributed by atoms with Crippen molar-refractivity contribution < 1.29 is 9.53 Å². The minimum atomic E-state index is -0.402. The summed E-state index contributed by atoms with van der Waals surface area (Å²) in [7, 11) is 0. The first-order chi connectivity index (χ1) is 8.68. The molecule has 0 unspecified atom stereocenters. The van der Waals surface area contributed by atoms with E-state index in [2.05, 4.69) is 21.0 Å². The highest BCUT2D eigenvalue weighted by molar-refractivity contribution is 9.10. The van der Waals surface area contributed by atoms with Gasteiger partial charge in [-0.1, -0.05) is 6.07 Å². The second kappa shape index (κ2) is 5.68. The summed E-state index contributed by atoms with van der Waals surface area (Å²) in [5.74, 6) is -0.402. The van der Waals surface area contributed by atoms with E-state index in [4.69, 9.17) is 10.5 Å². The number of hydrogen-bond acceptors (Lipinski definition) is 4. The molecule has 2 aromatic rings. The standard InChI is InChI=1S/C12H12BrN3O2/c13-11-9(3-1-4-10(11)14)12(17)18-8-7-16-6-2-5-15-16/h1-6H,7-8,14H2. The van der Waals surface area contributed by atoms with Gasteiger partial charge in [0.05, 0.1) is 16.6 Å². The van der Waals surface area contributed by atoms with Crippen molar-refractivity contribution in [2.75, 3.05) is 12.3 Å². The Labute approximate surface area is 113 Å². The van der Waals surface area contributed by atoms with Crippen LogP contribution >= 0.6 is 15.9 Å². The van der Waals surface area contributed by atoms with Gasteiger partial charge in [0.15, 0.2) is 0 Å². The second-order valence-electron chi connectivity index (χ2n) is 3.61. The number of nitrogens with two attached hydrogens (primary N) is 1. The molecule has 0 spiro atoms. The molecule has 0 saturated heterocycles. The molecular weight excluding hydrogens is 298 g/mol. The quantitative estimate of drug-likeness (QED) is 0.693. The summed E-state index contributed by atoms with van der Waals surface area (Å²) >= 11 is 3.27. The van der Waals surface area contributed by atoms with Crippen molar-refractivity contribution in [2.24, 2.45) is 0 Å². The Morgan fingerprint density at radius 3 is 3.00 bits per heavy atom. The minimum absolute atomic E-state index is 0.266. The zero-order valence-corrected chi connectivity index (χ0v) is 11.1. The Morgan fingerprint density at radius 2 is 2.28 bits per heavy atom. The largest absolute Gasteiger partial charge is 0.460 e. The summed E-state index contributed by atoms with van der Waals surface area (Å²) in [6.45, 7) is 0.792. The Bertz CT molecular complexity index is 540. The third-order valence-corrected chi connectivity index (χ3v) is 3.25. The highest BCUT2D eigenvalue weighted by Gasteiger charge is 2.12. The molecule has 0 aliphatic carbocycles. The summed E-state index contributed by atoms with van der Waals surface area (Å²) in [5, 5.41) is 4.01. The van der Waals surface area contributed by atoms with Crippen LogP contribution in [0.4, 0.5) is 5.69 Å². The van der Waals surface area contributed by atoms with Crippen LogP contribution in [0.15, 0.2) is 41.1 Å². The molecule has 2 rings (SSSR count). The van der Waals surface area contributed by atoms with Crippen LogP contribution in [0.2, 0.25) is 0 Å². The van der Waals surface area contributed by atoms with Gasteiger partial charge in [-0.2, -0.15) is 5.10 Å². The van der Waals surface area contributed by atoms with Crippen molar-refractivity contribution in [1.82, 2.24) is 9.78 Å². The van der Waals surface area contributed by atoms with Gasteiger partial charge >= 0.3 is 5.97 Å². The van der Waals surface area contributed by atoms with Gasteiger partial charge in [-0.15, -0.1) is 0 Å². The number of hydrogen-bond donors (Lipinski definition) is 1. The summed E-state index contributed by atoms with van der Waals surface area (Å²) in [4.78, 5) is 11.8. The number of ether oxygens (including phenoxy) is 1. The molecule has 18 heavy (non-hydrogen) atoms. The SMILES string of the molecule is Nc1cccc(C(=O)OCCn2cccn2)c1Br. The van der Waals surface area contributed by atoms with Crippen molar-refractivity contribution in [2.45, 2.75) is 6.54 Å². The van der Waals surface area contributed by atoms with Crippen LogP contribution in [0.25, 0.3) is 0 Å². The average Bonchev–Trinajstić information content (AvgIpc) is 2.85. The van der Waals surface area contributed by atoms with Gasteiger partial charge in [0.2, 0.25) is 0 Å². The lowest BCUT2D eigenvalue weighted by molar-refractivity contribution is 0.0486. The van der Waals surface area contributed by atoms with E-state index in [9.17, 15) is 4.79 Å². The van der Waals surface area contributed by atoms with Gasteiger partial charge in [0, 0.05) is 18.1 Å². The molecule has 0 aliphatic rings. The van der Waals surface area contributed by atoms with E-state index in [0.29, 0.717) is 22.3 Å². The van der Waals surface area contributed by atoms with E-state index in [-0.39, 0.29) is 6.61 Å². The van der Waals surface area contributed by atoms with E-state index in [1.807, 2.05) is 12.3 Å². The number of carbonyl (C=O) groups excluding carboxylic acids is 1. The third-order valence-electron chi connectivity index (χ3n) is 2.36. The van der Waals surface area contributed by atoms with E-state index in [0.717, 1.165) is 0 Å². The molecule has 94 valence electrons. The first kappa shape index (κ1) is 12.6. The summed E-state index contributed by atoms with van der Waals surface area (Å²) in [6.07, 6.45) is 3.49. The Balaban J connectivity index is 1.93. The third kappa shape index (κ3) is 2.89. The van der Waals surface area contributed by atoms with Crippen LogP contribution in [-0.2, 0) is 11.3 Å². The fraction of sp³-hybridized carbons (Fsp3) is 0.167. The van der Waals surface area contributed by atoms with Crippen molar-refractivity contribution >= 4 is 27.6 Å². The molecule has 2 N–H and O–H groups in total. The molecule has 0 aliphatic heterocycles. The van der Waals surface area contributed by atoms with Gasteiger partial charge < -0.3 is 10.5 Å². The predicted octanol–water partition coefficient (Wildman–Crippen LogP) is 2.08. The van der Waals surface area contributed by atoms with Crippen LogP contribution in [0, 0.1) is 0 Å². The number of halogens is 1. The normalized spacial score (nSPS) is 10.3. The molecular formula is C12H12BrN3O2. The minimum Gasteiger partial charge on any atom is -0.460 e. The molecule has 5 nitrogen and oxygen atoms in total. The molecule has 0 radical (unpaired) electrons. The van der Waals surface area contributed by atoms with Crippen LogP contribution in [0.1, 0.15) is 10.4 Å². The van der Waals surface area contributed by atoms with E-state index >= 15 is 0 Å².